The number of hydrogen-bond donors (Lipinski definition) is 2. The maximum absolute atomic E-state index is 11.7. The highest BCUT2D eigenvalue weighted by Crippen LogP contribution is 2.37. The van der Waals surface area contributed by atoms with Crippen LogP contribution < -0.4 is 5.32 Å². The largest absolute Gasteiger partial charge is 0.480 e. The zero-order chi connectivity index (χ0) is 12.9. The van der Waals surface area contributed by atoms with Crippen LogP contribution in [0.5, 0.6) is 0 Å². The van der Waals surface area contributed by atoms with Gasteiger partial charge in [-0.25, -0.2) is 4.79 Å². The minimum absolute atomic E-state index is 0.229. The highest BCUT2D eigenvalue weighted by Gasteiger charge is 2.39. The van der Waals surface area contributed by atoms with Gasteiger partial charge >= 0.3 is 5.97 Å². The fraction of sp³-hybridized carbons (Fsp3) is 0.833. The van der Waals surface area contributed by atoms with E-state index in [1.807, 2.05) is 6.92 Å². The average molecular weight is 243 g/mol. The molecule has 1 rings (SSSR count). The van der Waals surface area contributed by atoms with Crippen molar-refractivity contribution in [2.45, 2.75) is 57.1 Å². The van der Waals surface area contributed by atoms with Crippen LogP contribution in [0.1, 0.15) is 45.4 Å². The molecule has 0 spiro atoms. The van der Waals surface area contributed by atoms with Crippen LogP contribution in [0.15, 0.2) is 0 Å². The molecule has 0 saturated heterocycles. The molecular weight excluding hydrogens is 222 g/mol. The number of aliphatic carboxylic acids is 1. The Kier molecular flexibility index (Phi) is 4.93. The lowest BCUT2D eigenvalue weighted by molar-refractivity contribution is -0.145. The van der Waals surface area contributed by atoms with Crippen molar-refractivity contribution in [3.8, 4) is 0 Å². The van der Waals surface area contributed by atoms with E-state index < -0.39 is 12.0 Å². The number of carboxylic acids is 1. The smallest absolute Gasteiger partial charge is 0.326 e. The van der Waals surface area contributed by atoms with Gasteiger partial charge in [-0.15, -0.1) is 0 Å². The highest BCUT2D eigenvalue weighted by atomic mass is 16.5. The van der Waals surface area contributed by atoms with Crippen LogP contribution in [-0.4, -0.2) is 35.7 Å². The standard InChI is InChI=1S/C12H21NO4/c1-3-5-9(11(15)16)13-10(14)8-12(17-2)6-4-7-12/h9H,3-8H2,1-2H3,(H,13,14)(H,15,16). The molecule has 1 amide bonds. The van der Waals surface area contributed by atoms with E-state index in [1.54, 1.807) is 7.11 Å². The van der Waals surface area contributed by atoms with E-state index in [1.165, 1.54) is 0 Å². The lowest BCUT2D eigenvalue weighted by Gasteiger charge is -2.40. The van der Waals surface area contributed by atoms with Crippen LogP contribution in [0.3, 0.4) is 0 Å². The first-order chi connectivity index (χ1) is 8.03. The van der Waals surface area contributed by atoms with Crippen LogP contribution in [0.25, 0.3) is 0 Å². The number of hydrogen-bond acceptors (Lipinski definition) is 3. The second-order valence-corrected chi connectivity index (χ2v) is 4.66. The van der Waals surface area contributed by atoms with Gasteiger partial charge in [0.05, 0.1) is 12.0 Å². The van der Waals surface area contributed by atoms with Gasteiger partial charge in [-0.05, 0) is 25.7 Å². The van der Waals surface area contributed by atoms with E-state index in [0.29, 0.717) is 6.42 Å². The number of nitrogens with one attached hydrogen (secondary N) is 1. The van der Waals surface area contributed by atoms with Crippen molar-refractivity contribution in [1.82, 2.24) is 5.32 Å². The molecule has 1 aliphatic rings. The van der Waals surface area contributed by atoms with E-state index in [2.05, 4.69) is 5.32 Å². The van der Waals surface area contributed by atoms with Gasteiger partial charge in [-0.2, -0.15) is 0 Å². The number of methoxy groups -OCH3 is 1. The van der Waals surface area contributed by atoms with E-state index in [9.17, 15) is 9.59 Å². The molecule has 1 unspecified atom stereocenters. The lowest BCUT2D eigenvalue weighted by Crippen LogP contribution is -2.47. The minimum Gasteiger partial charge on any atom is -0.480 e. The molecule has 0 aromatic carbocycles. The van der Waals surface area contributed by atoms with Crippen molar-refractivity contribution in [3.63, 3.8) is 0 Å². The molecule has 5 heteroatoms. The predicted molar refractivity (Wildman–Crippen MR) is 62.7 cm³/mol. The van der Waals surface area contributed by atoms with Crippen LogP contribution in [0.2, 0.25) is 0 Å². The average Bonchev–Trinajstić information content (AvgIpc) is 2.22. The third-order valence-corrected chi connectivity index (χ3v) is 3.39. The monoisotopic (exact) mass is 243 g/mol. The SMILES string of the molecule is CCCC(NC(=O)CC1(OC)CCC1)C(=O)O. The molecular formula is C12H21NO4. The van der Waals surface area contributed by atoms with Crippen LogP contribution >= 0.6 is 0 Å². The van der Waals surface area contributed by atoms with Crippen LogP contribution in [0, 0.1) is 0 Å². The van der Waals surface area contributed by atoms with Crippen LogP contribution in [0.4, 0.5) is 0 Å². The molecule has 2 N–H and O–H groups in total. The molecule has 1 saturated carbocycles. The molecule has 0 aromatic rings. The van der Waals surface area contributed by atoms with E-state index >= 15 is 0 Å². The van der Waals surface area contributed by atoms with Gasteiger partial charge < -0.3 is 15.2 Å². The summed E-state index contributed by atoms with van der Waals surface area (Å²) in [7, 11) is 1.60. The maximum Gasteiger partial charge on any atom is 0.326 e. The van der Waals surface area contributed by atoms with Crippen molar-refractivity contribution >= 4 is 11.9 Å². The Labute approximate surface area is 102 Å². The predicted octanol–water partition coefficient (Wildman–Crippen LogP) is 1.32. The molecule has 17 heavy (non-hydrogen) atoms. The van der Waals surface area contributed by atoms with Crippen molar-refractivity contribution in [3.05, 3.63) is 0 Å². The first-order valence-electron chi connectivity index (χ1n) is 6.10. The number of carbonyl (C=O) groups excluding carboxylic acids is 1. The van der Waals surface area contributed by atoms with E-state index in [4.69, 9.17) is 9.84 Å². The third-order valence-electron chi connectivity index (χ3n) is 3.39. The number of amides is 1. The number of carbonyl (C=O) groups is 2. The van der Waals surface area contributed by atoms with Gasteiger partial charge in [0.25, 0.3) is 0 Å². The molecule has 0 aromatic heterocycles. The summed E-state index contributed by atoms with van der Waals surface area (Å²) >= 11 is 0. The summed E-state index contributed by atoms with van der Waals surface area (Å²) in [4.78, 5) is 22.6. The lowest BCUT2D eigenvalue weighted by atomic mass is 9.77. The molecule has 1 fully saturated rings. The molecule has 0 radical (unpaired) electrons. The maximum atomic E-state index is 11.7. The van der Waals surface area contributed by atoms with Crippen molar-refractivity contribution in [1.29, 1.82) is 0 Å². The first kappa shape index (κ1) is 14.0. The molecule has 0 heterocycles. The minimum atomic E-state index is -0.972. The molecule has 5 nitrogen and oxygen atoms in total. The Morgan fingerprint density at radius 3 is 2.47 bits per heavy atom. The molecule has 1 aliphatic carbocycles. The Hall–Kier alpha value is -1.10. The Morgan fingerprint density at radius 2 is 2.12 bits per heavy atom. The number of rotatable bonds is 7. The number of carboxylic acid groups (broad SMARTS) is 1. The summed E-state index contributed by atoms with van der Waals surface area (Å²) in [5, 5.41) is 11.5. The topological polar surface area (TPSA) is 75.6 Å². The molecule has 0 aliphatic heterocycles. The second-order valence-electron chi connectivity index (χ2n) is 4.66. The summed E-state index contributed by atoms with van der Waals surface area (Å²) in [6, 6.07) is -0.776. The highest BCUT2D eigenvalue weighted by molar-refractivity contribution is 5.84. The zero-order valence-corrected chi connectivity index (χ0v) is 10.5. The van der Waals surface area contributed by atoms with Crippen molar-refractivity contribution < 1.29 is 19.4 Å². The summed E-state index contributed by atoms with van der Waals surface area (Å²) in [5.41, 5.74) is -0.348. The summed E-state index contributed by atoms with van der Waals surface area (Å²) in [5.74, 6) is -1.20. The molecule has 98 valence electrons. The summed E-state index contributed by atoms with van der Waals surface area (Å²) in [6.07, 6.45) is 4.27. The summed E-state index contributed by atoms with van der Waals surface area (Å²) < 4.78 is 5.34. The number of ether oxygens (including phenoxy) is 1. The molecule has 0 bridgehead atoms. The van der Waals surface area contributed by atoms with Gasteiger partial charge in [0.15, 0.2) is 0 Å². The fourth-order valence-corrected chi connectivity index (χ4v) is 2.11. The Bertz CT molecular complexity index is 281. The van der Waals surface area contributed by atoms with Gasteiger partial charge in [0.1, 0.15) is 6.04 Å². The molecule has 1 atom stereocenters. The third kappa shape index (κ3) is 3.70. The normalized spacial score (nSPS) is 19.2. The van der Waals surface area contributed by atoms with Crippen molar-refractivity contribution in [2.24, 2.45) is 0 Å². The zero-order valence-electron chi connectivity index (χ0n) is 10.5. The van der Waals surface area contributed by atoms with Crippen molar-refractivity contribution in [2.75, 3.05) is 7.11 Å². The second kappa shape index (κ2) is 6.00. The van der Waals surface area contributed by atoms with Gasteiger partial charge in [0.2, 0.25) is 5.91 Å². The quantitative estimate of drug-likeness (QED) is 0.707. The van der Waals surface area contributed by atoms with Gasteiger partial charge in [0, 0.05) is 7.11 Å². The summed E-state index contributed by atoms with van der Waals surface area (Å²) in [6.45, 7) is 1.89. The Morgan fingerprint density at radius 1 is 1.47 bits per heavy atom. The van der Waals surface area contributed by atoms with E-state index in [-0.39, 0.29) is 17.9 Å². The van der Waals surface area contributed by atoms with E-state index in [0.717, 1.165) is 25.7 Å². The Balaban J connectivity index is 2.44. The van der Waals surface area contributed by atoms with Crippen LogP contribution in [-0.2, 0) is 14.3 Å². The fourth-order valence-electron chi connectivity index (χ4n) is 2.11. The first-order valence-corrected chi connectivity index (χ1v) is 6.10. The van der Waals surface area contributed by atoms with Gasteiger partial charge in [-0.3, -0.25) is 4.79 Å². The van der Waals surface area contributed by atoms with Gasteiger partial charge in [-0.1, -0.05) is 13.3 Å².